The molecule has 106 valence electrons. The lowest BCUT2D eigenvalue weighted by Gasteiger charge is -2.38. The molecule has 1 fully saturated rings. The third-order valence-electron chi connectivity index (χ3n) is 2.74. The number of amides is 1. The quantitative estimate of drug-likeness (QED) is 0.928. The molecular formula is C11H14F3N3OS. The molecule has 0 spiro atoms. The molecule has 2 heterocycles. The molecule has 1 aliphatic rings. The number of hydrogen-bond acceptors (Lipinski definition) is 4. The maximum absolute atomic E-state index is 12.4. The molecule has 2 rings (SSSR count). The molecule has 0 bridgehead atoms. The third-order valence-corrected chi connectivity index (χ3v) is 3.64. The van der Waals surface area contributed by atoms with E-state index in [1.165, 1.54) is 0 Å². The topological polar surface area (TPSA) is 45.2 Å². The van der Waals surface area contributed by atoms with Crippen LogP contribution in [0.2, 0.25) is 0 Å². The Morgan fingerprint density at radius 2 is 2.16 bits per heavy atom. The molecule has 1 aromatic rings. The molecule has 1 aliphatic heterocycles. The van der Waals surface area contributed by atoms with Crippen LogP contribution in [-0.4, -0.2) is 30.0 Å². The van der Waals surface area contributed by atoms with Crippen molar-refractivity contribution in [1.82, 2.24) is 10.3 Å². The van der Waals surface area contributed by atoms with Crippen molar-refractivity contribution in [2.75, 3.05) is 18.0 Å². The van der Waals surface area contributed by atoms with Crippen molar-refractivity contribution in [2.24, 2.45) is 5.92 Å². The molecule has 0 saturated carbocycles. The first-order valence-electron chi connectivity index (χ1n) is 5.85. The molecule has 8 heteroatoms. The standard InChI is InChI=1S/C11H14F3N3OS/c1-6(2)15-9(18)7-3-17(4-7)10-16-8(5-19-10)11(12,13)14/h5-7H,3-4H2,1-2H3,(H,15,18). The number of carbonyl (C=O) groups excluding carboxylic acids is 1. The second kappa shape index (κ2) is 4.99. The molecule has 0 unspecified atom stereocenters. The summed E-state index contributed by atoms with van der Waals surface area (Å²) in [6.45, 7) is 4.57. The van der Waals surface area contributed by atoms with Gasteiger partial charge in [-0.25, -0.2) is 4.98 Å². The van der Waals surface area contributed by atoms with Crippen molar-refractivity contribution in [1.29, 1.82) is 0 Å². The zero-order valence-corrected chi connectivity index (χ0v) is 11.3. The van der Waals surface area contributed by atoms with Crippen LogP contribution >= 0.6 is 11.3 Å². The van der Waals surface area contributed by atoms with E-state index in [1.54, 1.807) is 4.90 Å². The van der Waals surface area contributed by atoms with Crippen molar-refractivity contribution in [3.63, 3.8) is 0 Å². The van der Waals surface area contributed by atoms with Gasteiger partial charge in [-0.2, -0.15) is 13.2 Å². The maximum atomic E-state index is 12.4. The fraction of sp³-hybridized carbons (Fsp3) is 0.636. The van der Waals surface area contributed by atoms with Gasteiger partial charge in [0.25, 0.3) is 0 Å². The van der Waals surface area contributed by atoms with Crippen LogP contribution in [0.1, 0.15) is 19.5 Å². The third kappa shape index (κ3) is 3.17. The molecule has 1 N–H and O–H groups in total. The molecule has 4 nitrogen and oxygen atoms in total. The van der Waals surface area contributed by atoms with E-state index in [0.717, 1.165) is 16.7 Å². The molecule has 1 aromatic heterocycles. The number of nitrogens with zero attached hydrogens (tertiary/aromatic N) is 2. The van der Waals surface area contributed by atoms with Gasteiger partial charge in [0.15, 0.2) is 10.8 Å². The summed E-state index contributed by atoms with van der Waals surface area (Å²) in [6, 6.07) is 0.0678. The Kier molecular flexibility index (Phi) is 3.71. The van der Waals surface area contributed by atoms with E-state index in [0.29, 0.717) is 18.2 Å². The monoisotopic (exact) mass is 293 g/mol. The van der Waals surface area contributed by atoms with Gasteiger partial charge in [-0.15, -0.1) is 11.3 Å². The number of anilines is 1. The number of carbonyl (C=O) groups is 1. The van der Waals surface area contributed by atoms with Crippen molar-refractivity contribution >= 4 is 22.4 Å². The largest absolute Gasteiger partial charge is 0.434 e. The molecule has 0 aliphatic carbocycles. The SMILES string of the molecule is CC(C)NC(=O)C1CN(c2nc(C(F)(F)F)cs2)C1. The average molecular weight is 293 g/mol. The van der Waals surface area contributed by atoms with Crippen molar-refractivity contribution < 1.29 is 18.0 Å². The zero-order chi connectivity index (χ0) is 14.2. The van der Waals surface area contributed by atoms with E-state index >= 15 is 0 Å². The van der Waals surface area contributed by atoms with Crippen LogP contribution in [0.5, 0.6) is 0 Å². The second-order valence-electron chi connectivity index (χ2n) is 4.78. The Hall–Kier alpha value is -1.31. The summed E-state index contributed by atoms with van der Waals surface area (Å²) in [5.74, 6) is -0.223. The number of alkyl halides is 3. The number of hydrogen-bond donors (Lipinski definition) is 1. The van der Waals surface area contributed by atoms with E-state index in [9.17, 15) is 18.0 Å². The minimum Gasteiger partial charge on any atom is -0.354 e. The number of thiazole rings is 1. The minimum absolute atomic E-state index is 0.0566. The van der Waals surface area contributed by atoms with Gasteiger partial charge >= 0.3 is 6.18 Å². The van der Waals surface area contributed by atoms with E-state index < -0.39 is 11.9 Å². The number of aromatic nitrogens is 1. The van der Waals surface area contributed by atoms with E-state index in [-0.39, 0.29) is 17.9 Å². The van der Waals surface area contributed by atoms with Crippen LogP contribution in [0.3, 0.4) is 0 Å². The van der Waals surface area contributed by atoms with Crippen LogP contribution < -0.4 is 10.2 Å². The van der Waals surface area contributed by atoms with Gasteiger partial charge in [0.1, 0.15) is 0 Å². The van der Waals surface area contributed by atoms with Crippen molar-refractivity contribution in [3.05, 3.63) is 11.1 Å². The smallest absolute Gasteiger partial charge is 0.354 e. The van der Waals surface area contributed by atoms with Gasteiger partial charge in [0.2, 0.25) is 5.91 Å². The highest BCUT2D eigenvalue weighted by Crippen LogP contribution is 2.35. The zero-order valence-electron chi connectivity index (χ0n) is 10.5. The predicted octanol–water partition coefficient (Wildman–Crippen LogP) is 2.12. The minimum atomic E-state index is -4.41. The lowest BCUT2D eigenvalue weighted by atomic mass is 10.00. The Morgan fingerprint density at radius 1 is 1.53 bits per heavy atom. The summed E-state index contributed by atoms with van der Waals surface area (Å²) in [4.78, 5) is 16.9. The number of halogens is 3. The molecule has 1 amide bonds. The molecule has 1 saturated heterocycles. The summed E-state index contributed by atoms with van der Waals surface area (Å²) in [6.07, 6.45) is -4.41. The highest BCUT2D eigenvalue weighted by molar-refractivity contribution is 7.13. The first kappa shape index (κ1) is 14.1. The fourth-order valence-electron chi connectivity index (χ4n) is 1.74. The number of nitrogens with one attached hydrogen (secondary N) is 1. The average Bonchev–Trinajstić information content (AvgIpc) is 2.62. The Balaban J connectivity index is 1.90. The summed E-state index contributed by atoms with van der Waals surface area (Å²) in [5, 5.41) is 4.10. The Morgan fingerprint density at radius 3 is 2.63 bits per heavy atom. The molecule has 0 aromatic carbocycles. The molecule has 0 radical (unpaired) electrons. The van der Waals surface area contributed by atoms with Gasteiger partial charge in [0, 0.05) is 24.5 Å². The summed E-state index contributed by atoms with van der Waals surface area (Å²) >= 11 is 0.951. The summed E-state index contributed by atoms with van der Waals surface area (Å²) < 4.78 is 37.2. The van der Waals surface area contributed by atoms with Crippen molar-refractivity contribution in [3.8, 4) is 0 Å². The van der Waals surface area contributed by atoms with Gasteiger partial charge in [-0.3, -0.25) is 4.79 Å². The van der Waals surface area contributed by atoms with Crippen molar-refractivity contribution in [2.45, 2.75) is 26.1 Å². The van der Waals surface area contributed by atoms with E-state index in [2.05, 4.69) is 10.3 Å². The fourth-order valence-corrected chi connectivity index (χ4v) is 2.60. The summed E-state index contributed by atoms with van der Waals surface area (Å²) in [7, 11) is 0. The summed E-state index contributed by atoms with van der Waals surface area (Å²) in [5.41, 5.74) is -0.873. The van der Waals surface area contributed by atoms with Crippen LogP contribution in [0, 0.1) is 5.92 Å². The molecule has 0 atom stereocenters. The van der Waals surface area contributed by atoms with Crippen LogP contribution in [0.25, 0.3) is 0 Å². The second-order valence-corrected chi connectivity index (χ2v) is 5.61. The van der Waals surface area contributed by atoms with E-state index in [1.807, 2.05) is 13.8 Å². The van der Waals surface area contributed by atoms with Gasteiger partial charge in [-0.1, -0.05) is 0 Å². The first-order chi connectivity index (χ1) is 8.77. The molecule has 19 heavy (non-hydrogen) atoms. The Bertz CT molecular complexity index is 466. The first-order valence-corrected chi connectivity index (χ1v) is 6.73. The molecular weight excluding hydrogens is 279 g/mol. The maximum Gasteiger partial charge on any atom is 0.434 e. The highest BCUT2D eigenvalue weighted by atomic mass is 32.1. The van der Waals surface area contributed by atoms with Gasteiger partial charge < -0.3 is 10.2 Å². The van der Waals surface area contributed by atoms with Crippen LogP contribution in [-0.2, 0) is 11.0 Å². The normalized spacial score (nSPS) is 16.6. The predicted molar refractivity (Wildman–Crippen MR) is 66.1 cm³/mol. The van der Waals surface area contributed by atoms with Gasteiger partial charge in [-0.05, 0) is 13.8 Å². The van der Waals surface area contributed by atoms with Gasteiger partial charge in [0.05, 0.1) is 5.92 Å². The lowest BCUT2D eigenvalue weighted by Crippen LogP contribution is -2.54. The lowest BCUT2D eigenvalue weighted by molar-refractivity contribution is -0.140. The number of rotatable bonds is 3. The van der Waals surface area contributed by atoms with Crippen LogP contribution in [0.4, 0.5) is 18.3 Å². The van der Waals surface area contributed by atoms with E-state index in [4.69, 9.17) is 0 Å². The highest BCUT2D eigenvalue weighted by Gasteiger charge is 2.38. The Labute approximate surface area is 112 Å². The van der Waals surface area contributed by atoms with Crippen LogP contribution in [0.15, 0.2) is 5.38 Å².